The van der Waals surface area contributed by atoms with Gasteiger partial charge in [0.05, 0.1) is 11.5 Å². The maximum Gasteiger partial charge on any atom is 0.231 e. The van der Waals surface area contributed by atoms with Gasteiger partial charge < -0.3 is 23.7 Å². The molecular weight excluding hydrogens is 312 g/mol. The van der Waals surface area contributed by atoms with Crippen molar-refractivity contribution in [1.82, 2.24) is 0 Å². The van der Waals surface area contributed by atoms with E-state index in [0.717, 1.165) is 11.8 Å². The second kappa shape index (κ2) is 5.29. The molecule has 1 saturated carbocycles. The van der Waals surface area contributed by atoms with E-state index in [0.29, 0.717) is 24.3 Å². The standard InChI is InChI=1S/C18H20O6/c1-17(2)23-13-5-6-15(20)18(7-8-19,16(13)24-17)11-3-4-12-14(9-11)22-10-21-12/h3-4,8-9,13,16H,5-7,10H2,1-2H3/t13-,16-,18-/m0/s1. The number of rotatable bonds is 3. The van der Waals surface area contributed by atoms with Gasteiger partial charge in [-0.05, 0) is 38.0 Å². The second-order valence-corrected chi connectivity index (χ2v) is 6.97. The van der Waals surface area contributed by atoms with Crippen LogP contribution in [0.25, 0.3) is 0 Å². The fraction of sp³-hybridized carbons (Fsp3) is 0.556. The summed E-state index contributed by atoms with van der Waals surface area (Å²) in [6.07, 6.45) is 1.13. The Balaban J connectivity index is 1.84. The molecule has 1 aromatic rings. The Labute approximate surface area is 140 Å². The third-order valence-corrected chi connectivity index (χ3v) is 5.12. The highest BCUT2D eigenvalue weighted by atomic mass is 16.8. The number of hydrogen-bond acceptors (Lipinski definition) is 6. The molecule has 1 saturated heterocycles. The van der Waals surface area contributed by atoms with Crippen molar-refractivity contribution in [3.05, 3.63) is 23.8 Å². The van der Waals surface area contributed by atoms with Gasteiger partial charge in [-0.2, -0.15) is 0 Å². The molecule has 6 heteroatoms. The van der Waals surface area contributed by atoms with Crippen molar-refractivity contribution in [2.75, 3.05) is 6.79 Å². The minimum Gasteiger partial charge on any atom is -0.454 e. The predicted molar refractivity (Wildman–Crippen MR) is 83.0 cm³/mol. The highest BCUT2D eigenvalue weighted by Gasteiger charge is 2.59. The zero-order valence-electron chi connectivity index (χ0n) is 13.7. The normalized spacial score (nSPS) is 33.3. The maximum absolute atomic E-state index is 13.0. The van der Waals surface area contributed by atoms with Gasteiger partial charge in [-0.25, -0.2) is 0 Å². The summed E-state index contributed by atoms with van der Waals surface area (Å²) < 4.78 is 22.9. The van der Waals surface area contributed by atoms with Crippen LogP contribution in [0.2, 0.25) is 0 Å². The van der Waals surface area contributed by atoms with E-state index in [1.54, 1.807) is 12.1 Å². The SMILES string of the molecule is CC1(C)O[C@H]2CCC(=O)[C@](CC=O)(c3ccc4c(c3)OCO4)[C@H]2O1. The largest absolute Gasteiger partial charge is 0.454 e. The van der Waals surface area contributed by atoms with Gasteiger partial charge in [-0.1, -0.05) is 6.07 Å². The minimum absolute atomic E-state index is 0.0102. The lowest BCUT2D eigenvalue weighted by Gasteiger charge is -2.41. The molecule has 0 amide bonds. The number of fused-ring (bicyclic) bond motifs is 2. The first-order valence-corrected chi connectivity index (χ1v) is 8.19. The third-order valence-electron chi connectivity index (χ3n) is 5.12. The molecule has 2 heterocycles. The summed E-state index contributed by atoms with van der Waals surface area (Å²) in [6.45, 7) is 3.83. The number of hydrogen-bond donors (Lipinski definition) is 0. The second-order valence-electron chi connectivity index (χ2n) is 6.97. The van der Waals surface area contributed by atoms with Crippen molar-refractivity contribution in [3.63, 3.8) is 0 Å². The maximum atomic E-state index is 13.0. The van der Waals surface area contributed by atoms with Crippen LogP contribution in [0.3, 0.4) is 0 Å². The van der Waals surface area contributed by atoms with E-state index in [9.17, 15) is 9.59 Å². The van der Waals surface area contributed by atoms with Crippen LogP contribution in [0.15, 0.2) is 18.2 Å². The van der Waals surface area contributed by atoms with Crippen LogP contribution < -0.4 is 9.47 Å². The number of carbonyl (C=O) groups is 2. The van der Waals surface area contributed by atoms with Gasteiger partial charge in [-0.3, -0.25) is 4.79 Å². The van der Waals surface area contributed by atoms with Crippen molar-refractivity contribution in [1.29, 1.82) is 0 Å². The Morgan fingerprint density at radius 1 is 1.21 bits per heavy atom. The van der Waals surface area contributed by atoms with Crippen molar-refractivity contribution in [2.45, 2.75) is 56.5 Å². The molecule has 1 aliphatic carbocycles. The van der Waals surface area contributed by atoms with Gasteiger partial charge in [0.25, 0.3) is 0 Å². The lowest BCUT2D eigenvalue weighted by Crippen LogP contribution is -2.55. The summed E-state index contributed by atoms with van der Waals surface area (Å²) in [5.74, 6) is 0.468. The molecule has 0 spiro atoms. The molecule has 2 aliphatic heterocycles. The van der Waals surface area contributed by atoms with Crippen LogP contribution in [0.4, 0.5) is 0 Å². The zero-order chi connectivity index (χ0) is 16.9. The number of aldehydes is 1. The molecule has 4 rings (SSSR count). The van der Waals surface area contributed by atoms with Crippen LogP contribution in [0.5, 0.6) is 11.5 Å². The Morgan fingerprint density at radius 2 is 2.00 bits per heavy atom. The van der Waals surface area contributed by atoms with Crippen LogP contribution in [-0.2, 0) is 24.5 Å². The lowest BCUT2D eigenvalue weighted by molar-refractivity contribution is -0.154. The summed E-state index contributed by atoms with van der Waals surface area (Å²) in [5.41, 5.74) is -0.320. The van der Waals surface area contributed by atoms with Gasteiger partial charge in [0.15, 0.2) is 17.3 Å². The Kier molecular flexibility index (Phi) is 3.44. The lowest BCUT2D eigenvalue weighted by atomic mass is 9.64. The van der Waals surface area contributed by atoms with Gasteiger partial charge in [0.1, 0.15) is 18.2 Å². The van der Waals surface area contributed by atoms with Crippen molar-refractivity contribution in [3.8, 4) is 11.5 Å². The highest BCUT2D eigenvalue weighted by Crippen LogP contribution is 2.49. The van der Waals surface area contributed by atoms with Crippen molar-refractivity contribution < 1.29 is 28.5 Å². The molecule has 0 aromatic heterocycles. The molecule has 3 aliphatic rings. The van der Waals surface area contributed by atoms with E-state index in [1.807, 2.05) is 19.9 Å². The average molecular weight is 332 g/mol. The van der Waals surface area contributed by atoms with Crippen LogP contribution in [-0.4, -0.2) is 36.9 Å². The number of benzene rings is 1. The van der Waals surface area contributed by atoms with Crippen molar-refractivity contribution >= 4 is 12.1 Å². The fourth-order valence-corrected chi connectivity index (χ4v) is 4.10. The first-order valence-electron chi connectivity index (χ1n) is 8.19. The van der Waals surface area contributed by atoms with E-state index >= 15 is 0 Å². The number of Topliss-reactive ketones (excluding diaryl/α,β-unsaturated/α-hetero) is 1. The summed E-state index contributed by atoms with van der Waals surface area (Å²) >= 11 is 0. The number of ether oxygens (including phenoxy) is 4. The monoisotopic (exact) mass is 332 g/mol. The smallest absolute Gasteiger partial charge is 0.231 e. The Hall–Kier alpha value is -1.92. The molecule has 0 bridgehead atoms. The average Bonchev–Trinajstić information content (AvgIpc) is 3.12. The molecule has 128 valence electrons. The molecule has 24 heavy (non-hydrogen) atoms. The van der Waals surface area contributed by atoms with Gasteiger partial charge in [0.2, 0.25) is 6.79 Å². The first kappa shape index (κ1) is 15.6. The summed E-state index contributed by atoms with van der Waals surface area (Å²) in [5, 5.41) is 0. The molecule has 1 aromatic carbocycles. The number of carbonyl (C=O) groups excluding carboxylic acids is 2. The predicted octanol–water partition coefficient (Wildman–Crippen LogP) is 2.13. The van der Waals surface area contributed by atoms with Gasteiger partial charge in [-0.15, -0.1) is 0 Å². The summed E-state index contributed by atoms with van der Waals surface area (Å²) in [4.78, 5) is 24.5. The Morgan fingerprint density at radius 3 is 2.79 bits per heavy atom. The van der Waals surface area contributed by atoms with Gasteiger partial charge in [0, 0.05) is 12.8 Å². The van der Waals surface area contributed by atoms with E-state index in [4.69, 9.17) is 18.9 Å². The van der Waals surface area contributed by atoms with Crippen LogP contribution >= 0.6 is 0 Å². The Bertz CT molecular complexity index is 697. The van der Waals surface area contributed by atoms with Crippen LogP contribution in [0, 0.1) is 0 Å². The third kappa shape index (κ3) is 2.17. The first-order chi connectivity index (χ1) is 11.5. The van der Waals surface area contributed by atoms with Crippen molar-refractivity contribution in [2.24, 2.45) is 0 Å². The fourth-order valence-electron chi connectivity index (χ4n) is 4.10. The molecule has 3 atom stereocenters. The minimum atomic E-state index is -1.04. The molecule has 0 radical (unpaired) electrons. The quantitative estimate of drug-likeness (QED) is 0.790. The molecule has 2 fully saturated rings. The topological polar surface area (TPSA) is 71.1 Å². The van der Waals surface area contributed by atoms with E-state index < -0.39 is 17.3 Å². The molecule has 0 N–H and O–H groups in total. The molecule has 6 nitrogen and oxygen atoms in total. The van der Waals surface area contributed by atoms with E-state index in [1.165, 1.54) is 0 Å². The van der Waals surface area contributed by atoms with E-state index in [2.05, 4.69) is 0 Å². The summed E-state index contributed by atoms with van der Waals surface area (Å²) in [7, 11) is 0. The highest BCUT2D eigenvalue weighted by molar-refractivity contribution is 5.94. The van der Waals surface area contributed by atoms with Crippen LogP contribution in [0.1, 0.15) is 38.7 Å². The summed E-state index contributed by atoms with van der Waals surface area (Å²) in [6, 6.07) is 5.40. The zero-order valence-corrected chi connectivity index (χ0v) is 13.7. The van der Waals surface area contributed by atoms with E-state index in [-0.39, 0.29) is 25.1 Å². The van der Waals surface area contributed by atoms with Gasteiger partial charge >= 0.3 is 0 Å². The molecule has 0 unspecified atom stereocenters. The number of ketones is 1. The molecular formula is C18H20O6.